The van der Waals surface area contributed by atoms with Crippen molar-refractivity contribution in [2.45, 2.75) is 30.9 Å². The van der Waals surface area contributed by atoms with Crippen molar-refractivity contribution in [1.82, 2.24) is 4.98 Å². The molecule has 1 aromatic heterocycles. The van der Waals surface area contributed by atoms with Crippen molar-refractivity contribution in [3.8, 4) is 0 Å². The van der Waals surface area contributed by atoms with Gasteiger partial charge in [0.05, 0.1) is 28.4 Å². The first-order chi connectivity index (χ1) is 16.0. The third kappa shape index (κ3) is 7.44. The summed E-state index contributed by atoms with van der Waals surface area (Å²) in [5.74, 6) is -0.827. The van der Waals surface area contributed by atoms with Gasteiger partial charge in [-0.2, -0.15) is 0 Å². The molecule has 3 rings (SSSR count). The smallest absolute Gasteiger partial charge is 0.339 e. The standard InChI is InChI=1S/C24H24N2O5S2/c1-3-12-30-23(28)17-8-10-18(11-9-17)26-22(27)13-31-24(29)20-6-4-5-7-21(20)33-15-19-14-32-16(2)25-19/h4-11,14H,3,12-13,15H2,1-2H3,(H,26,27). The molecule has 1 N–H and O–H groups in total. The zero-order valence-corrected chi connectivity index (χ0v) is 20.0. The highest BCUT2D eigenvalue weighted by Gasteiger charge is 2.15. The number of aryl methyl sites for hydroxylation is 1. The Kier molecular flexibility index (Phi) is 9.03. The molecular formula is C24H24N2O5S2. The van der Waals surface area contributed by atoms with E-state index in [9.17, 15) is 14.4 Å². The second kappa shape index (κ2) is 12.2. The van der Waals surface area contributed by atoms with E-state index in [0.717, 1.165) is 22.0 Å². The Morgan fingerprint density at radius 1 is 1.03 bits per heavy atom. The van der Waals surface area contributed by atoms with Crippen LogP contribution < -0.4 is 5.32 Å². The molecule has 7 nitrogen and oxygen atoms in total. The number of amides is 1. The number of carbonyl (C=O) groups excluding carboxylic acids is 3. The minimum atomic E-state index is -0.572. The van der Waals surface area contributed by atoms with Gasteiger partial charge in [-0.15, -0.1) is 23.1 Å². The molecule has 0 unspecified atom stereocenters. The number of ether oxygens (including phenoxy) is 2. The number of benzene rings is 2. The molecule has 0 aliphatic heterocycles. The van der Waals surface area contributed by atoms with Gasteiger partial charge < -0.3 is 14.8 Å². The largest absolute Gasteiger partial charge is 0.462 e. The van der Waals surface area contributed by atoms with Gasteiger partial charge in [0.15, 0.2) is 6.61 Å². The number of thiazole rings is 1. The highest BCUT2D eigenvalue weighted by Crippen LogP contribution is 2.27. The van der Waals surface area contributed by atoms with E-state index in [4.69, 9.17) is 9.47 Å². The molecule has 0 bridgehead atoms. The van der Waals surface area contributed by atoms with Crippen LogP contribution in [-0.4, -0.2) is 36.0 Å². The van der Waals surface area contributed by atoms with Gasteiger partial charge in [0.25, 0.3) is 5.91 Å². The van der Waals surface area contributed by atoms with E-state index in [-0.39, 0.29) is 0 Å². The molecule has 9 heteroatoms. The fraction of sp³-hybridized carbons (Fsp3) is 0.250. The lowest BCUT2D eigenvalue weighted by Gasteiger charge is -2.10. The summed E-state index contributed by atoms with van der Waals surface area (Å²) in [7, 11) is 0. The van der Waals surface area contributed by atoms with Crippen LogP contribution in [0, 0.1) is 6.92 Å². The Balaban J connectivity index is 1.51. The molecule has 0 aliphatic carbocycles. The van der Waals surface area contributed by atoms with Crippen LogP contribution in [0.5, 0.6) is 0 Å². The zero-order chi connectivity index (χ0) is 23.6. The molecular weight excluding hydrogens is 460 g/mol. The minimum absolute atomic E-state index is 0.356. The van der Waals surface area contributed by atoms with Crippen molar-refractivity contribution in [2.24, 2.45) is 0 Å². The van der Waals surface area contributed by atoms with Crippen molar-refractivity contribution in [3.63, 3.8) is 0 Å². The summed E-state index contributed by atoms with van der Waals surface area (Å²) in [6, 6.07) is 13.4. The normalized spacial score (nSPS) is 10.5. The number of carbonyl (C=O) groups is 3. The van der Waals surface area contributed by atoms with E-state index >= 15 is 0 Å². The van der Waals surface area contributed by atoms with Gasteiger partial charge in [-0.25, -0.2) is 14.6 Å². The molecule has 0 aliphatic rings. The SMILES string of the molecule is CCCOC(=O)c1ccc(NC(=O)COC(=O)c2ccccc2SCc2csc(C)n2)cc1. The van der Waals surface area contributed by atoms with Gasteiger partial charge in [-0.3, -0.25) is 4.79 Å². The van der Waals surface area contributed by atoms with E-state index < -0.39 is 24.5 Å². The van der Waals surface area contributed by atoms with Crippen molar-refractivity contribution in [1.29, 1.82) is 0 Å². The molecule has 0 radical (unpaired) electrons. The van der Waals surface area contributed by atoms with Gasteiger partial charge in [0.1, 0.15) is 0 Å². The molecule has 1 amide bonds. The predicted molar refractivity (Wildman–Crippen MR) is 129 cm³/mol. The summed E-state index contributed by atoms with van der Waals surface area (Å²) in [5.41, 5.74) is 2.24. The number of hydrogen-bond donors (Lipinski definition) is 1. The number of esters is 2. The van der Waals surface area contributed by atoms with Crippen LogP contribution in [0.3, 0.4) is 0 Å². The number of thioether (sulfide) groups is 1. The molecule has 1 heterocycles. The van der Waals surface area contributed by atoms with E-state index in [1.807, 2.05) is 31.4 Å². The molecule has 0 fully saturated rings. The number of rotatable bonds is 10. The summed E-state index contributed by atoms with van der Waals surface area (Å²) >= 11 is 3.08. The molecule has 2 aromatic carbocycles. The number of anilines is 1. The van der Waals surface area contributed by atoms with Gasteiger partial charge >= 0.3 is 11.9 Å². The average Bonchev–Trinajstić information content (AvgIpc) is 3.25. The molecule has 0 saturated carbocycles. The van der Waals surface area contributed by atoms with Crippen molar-refractivity contribution in [3.05, 3.63) is 75.7 Å². The molecule has 0 saturated heterocycles. The van der Waals surface area contributed by atoms with E-state index in [0.29, 0.717) is 29.2 Å². The number of aromatic nitrogens is 1. The summed E-state index contributed by atoms with van der Waals surface area (Å²) < 4.78 is 10.3. The van der Waals surface area contributed by atoms with Crippen molar-refractivity contribution in [2.75, 3.05) is 18.5 Å². The summed E-state index contributed by atoms with van der Waals surface area (Å²) in [5, 5.41) is 5.63. The average molecular weight is 485 g/mol. The quantitative estimate of drug-likeness (QED) is 0.316. The number of nitrogens with one attached hydrogen (secondary N) is 1. The van der Waals surface area contributed by atoms with Crippen LogP contribution in [0.25, 0.3) is 0 Å². The third-order valence-electron chi connectivity index (χ3n) is 4.33. The Labute approximate surface area is 200 Å². The van der Waals surface area contributed by atoms with Crippen LogP contribution in [0.15, 0.2) is 58.8 Å². The van der Waals surface area contributed by atoms with E-state index in [1.165, 1.54) is 11.8 Å². The molecule has 0 spiro atoms. The van der Waals surface area contributed by atoms with E-state index in [1.54, 1.807) is 47.7 Å². The Bertz CT molecular complexity index is 1110. The Morgan fingerprint density at radius 3 is 2.48 bits per heavy atom. The molecule has 3 aromatic rings. The monoisotopic (exact) mass is 484 g/mol. The first-order valence-corrected chi connectivity index (χ1v) is 12.2. The third-order valence-corrected chi connectivity index (χ3v) is 6.25. The Hall–Kier alpha value is -3.17. The predicted octanol–water partition coefficient (Wildman–Crippen LogP) is 5.11. The minimum Gasteiger partial charge on any atom is -0.462 e. The first-order valence-electron chi connectivity index (χ1n) is 10.3. The van der Waals surface area contributed by atoms with Crippen LogP contribution in [0.1, 0.15) is 44.8 Å². The zero-order valence-electron chi connectivity index (χ0n) is 18.3. The van der Waals surface area contributed by atoms with Gasteiger partial charge in [0, 0.05) is 21.7 Å². The maximum absolute atomic E-state index is 12.6. The van der Waals surface area contributed by atoms with E-state index in [2.05, 4.69) is 10.3 Å². The number of nitrogens with zero attached hydrogens (tertiary/aromatic N) is 1. The number of hydrogen-bond acceptors (Lipinski definition) is 8. The van der Waals surface area contributed by atoms with Crippen LogP contribution >= 0.6 is 23.1 Å². The van der Waals surface area contributed by atoms with Crippen molar-refractivity contribution >= 4 is 46.6 Å². The van der Waals surface area contributed by atoms with Crippen LogP contribution in [0.2, 0.25) is 0 Å². The maximum Gasteiger partial charge on any atom is 0.339 e. The second-order valence-corrected chi connectivity index (χ2v) is 9.06. The fourth-order valence-corrected chi connectivity index (χ4v) is 4.41. The van der Waals surface area contributed by atoms with Crippen molar-refractivity contribution < 1.29 is 23.9 Å². The van der Waals surface area contributed by atoms with Crippen LogP contribution in [-0.2, 0) is 20.0 Å². The molecule has 0 atom stereocenters. The fourth-order valence-electron chi connectivity index (χ4n) is 2.76. The van der Waals surface area contributed by atoms with Gasteiger partial charge in [-0.1, -0.05) is 19.1 Å². The van der Waals surface area contributed by atoms with Crippen LogP contribution in [0.4, 0.5) is 5.69 Å². The lowest BCUT2D eigenvalue weighted by atomic mass is 10.2. The molecule has 33 heavy (non-hydrogen) atoms. The first kappa shape index (κ1) is 24.5. The summed E-state index contributed by atoms with van der Waals surface area (Å²) in [4.78, 5) is 41.8. The highest BCUT2D eigenvalue weighted by molar-refractivity contribution is 7.98. The summed E-state index contributed by atoms with van der Waals surface area (Å²) in [6.07, 6.45) is 0.743. The maximum atomic E-state index is 12.6. The van der Waals surface area contributed by atoms with Gasteiger partial charge in [0.2, 0.25) is 0 Å². The lowest BCUT2D eigenvalue weighted by molar-refractivity contribution is -0.119. The highest BCUT2D eigenvalue weighted by atomic mass is 32.2. The lowest BCUT2D eigenvalue weighted by Crippen LogP contribution is -2.21. The summed E-state index contributed by atoms with van der Waals surface area (Å²) in [6.45, 7) is 3.79. The topological polar surface area (TPSA) is 94.6 Å². The molecule has 172 valence electrons. The Morgan fingerprint density at radius 2 is 1.79 bits per heavy atom. The second-order valence-electron chi connectivity index (χ2n) is 6.98. The van der Waals surface area contributed by atoms with Gasteiger partial charge in [-0.05, 0) is 49.7 Å².